The SMILES string of the molecule is O=[N+]([O-])c1cc(-c2cccc(F)c2)cnc1Cl. The molecule has 17 heavy (non-hydrogen) atoms. The van der Waals surface area contributed by atoms with Gasteiger partial charge in [-0.2, -0.15) is 0 Å². The van der Waals surface area contributed by atoms with Crippen molar-refractivity contribution in [1.82, 2.24) is 4.98 Å². The summed E-state index contributed by atoms with van der Waals surface area (Å²) in [5.74, 6) is -0.417. The van der Waals surface area contributed by atoms with Crippen LogP contribution >= 0.6 is 11.6 Å². The first kappa shape index (κ1) is 11.5. The van der Waals surface area contributed by atoms with Gasteiger partial charge in [0, 0.05) is 17.8 Å². The van der Waals surface area contributed by atoms with Crippen LogP contribution in [0.3, 0.4) is 0 Å². The van der Waals surface area contributed by atoms with Gasteiger partial charge in [0.2, 0.25) is 5.15 Å². The van der Waals surface area contributed by atoms with Crippen molar-refractivity contribution >= 4 is 17.3 Å². The van der Waals surface area contributed by atoms with Gasteiger partial charge in [-0.15, -0.1) is 0 Å². The fraction of sp³-hybridized carbons (Fsp3) is 0. The van der Waals surface area contributed by atoms with Gasteiger partial charge in [-0.1, -0.05) is 23.7 Å². The molecule has 0 fully saturated rings. The van der Waals surface area contributed by atoms with Crippen molar-refractivity contribution in [3.63, 3.8) is 0 Å². The molecular formula is C11H6ClFN2O2. The van der Waals surface area contributed by atoms with E-state index in [0.717, 1.165) is 0 Å². The van der Waals surface area contributed by atoms with Crippen LogP contribution in [0.2, 0.25) is 5.15 Å². The summed E-state index contributed by atoms with van der Waals surface area (Å²) in [5.41, 5.74) is 0.659. The van der Waals surface area contributed by atoms with Crippen molar-refractivity contribution in [2.24, 2.45) is 0 Å². The molecule has 86 valence electrons. The van der Waals surface area contributed by atoms with Gasteiger partial charge in [0.25, 0.3) is 0 Å². The maximum Gasteiger partial charge on any atom is 0.307 e. The number of halogens is 2. The summed E-state index contributed by atoms with van der Waals surface area (Å²) in [6.07, 6.45) is 1.37. The molecule has 6 heteroatoms. The Labute approximate surface area is 101 Å². The third-order valence-electron chi connectivity index (χ3n) is 2.18. The molecular weight excluding hydrogens is 247 g/mol. The lowest BCUT2D eigenvalue weighted by molar-refractivity contribution is -0.385. The second kappa shape index (κ2) is 4.47. The Morgan fingerprint density at radius 2 is 2.06 bits per heavy atom. The van der Waals surface area contributed by atoms with E-state index in [1.54, 1.807) is 6.07 Å². The van der Waals surface area contributed by atoms with Gasteiger partial charge in [-0.25, -0.2) is 9.37 Å². The second-order valence-electron chi connectivity index (χ2n) is 3.30. The fourth-order valence-electron chi connectivity index (χ4n) is 1.39. The van der Waals surface area contributed by atoms with E-state index in [2.05, 4.69) is 4.98 Å². The zero-order valence-corrected chi connectivity index (χ0v) is 9.19. The van der Waals surface area contributed by atoms with Crippen LogP contribution in [-0.4, -0.2) is 9.91 Å². The van der Waals surface area contributed by atoms with Gasteiger partial charge in [0.1, 0.15) is 5.82 Å². The minimum Gasteiger partial charge on any atom is -0.258 e. The average Bonchev–Trinajstić information content (AvgIpc) is 2.29. The van der Waals surface area contributed by atoms with Crippen molar-refractivity contribution in [2.45, 2.75) is 0 Å². The Morgan fingerprint density at radius 1 is 1.29 bits per heavy atom. The molecule has 0 aliphatic carbocycles. The van der Waals surface area contributed by atoms with Crippen LogP contribution in [0.1, 0.15) is 0 Å². The monoisotopic (exact) mass is 252 g/mol. The minimum atomic E-state index is -0.627. The summed E-state index contributed by atoms with van der Waals surface area (Å²) in [4.78, 5) is 13.8. The molecule has 0 aliphatic rings. The van der Waals surface area contributed by atoms with Crippen LogP contribution in [0.25, 0.3) is 11.1 Å². The molecule has 0 amide bonds. The number of benzene rings is 1. The molecule has 0 saturated heterocycles. The third kappa shape index (κ3) is 2.39. The predicted molar refractivity (Wildman–Crippen MR) is 61.3 cm³/mol. The standard InChI is InChI=1S/C11H6ClFN2O2/c12-11-10(15(16)17)5-8(6-14-11)7-2-1-3-9(13)4-7/h1-6H. The van der Waals surface area contributed by atoms with Crippen LogP contribution in [0, 0.1) is 15.9 Å². The molecule has 1 aromatic heterocycles. The fourth-order valence-corrected chi connectivity index (χ4v) is 1.56. The van der Waals surface area contributed by atoms with E-state index in [1.165, 1.54) is 30.5 Å². The van der Waals surface area contributed by atoms with Crippen LogP contribution in [0.4, 0.5) is 10.1 Å². The van der Waals surface area contributed by atoms with E-state index in [-0.39, 0.29) is 10.8 Å². The number of nitro groups is 1. The number of hydrogen-bond donors (Lipinski definition) is 0. The number of pyridine rings is 1. The van der Waals surface area contributed by atoms with E-state index in [4.69, 9.17) is 11.6 Å². The van der Waals surface area contributed by atoms with Crippen molar-refractivity contribution < 1.29 is 9.31 Å². The highest BCUT2D eigenvalue weighted by Gasteiger charge is 2.15. The van der Waals surface area contributed by atoms with Gasteiger partial charge in [-0.05, 0) is 17.7 Å². The molecule has 0 saturated carbocycles. The summed E-state index contributed by atoms with van der Waals surface area (Å²) in [7, 11) is 0. The molecule has 1 heterocycles. The zero-order valence-electron chi connectivity index (χ0n) is 8.43. The topological polar surface area (TPSA) is 56.0 Å². The van der Waals surface area contributed by atoms with Gasteiger partial charge in [-0.3, -0.25) is 10.1 Å². The quantitative estimate of drug-likeness (QED) is 0.467. The Kier molecular flexibility index (Phi) is 3.01. The number of nitrogens with zero attached hydrogens (tertiary/aromatic N) is 2. The molecule has 2 rings (SSSR count). The molecule has 0 spiro atoms. The Hall–Kier alpha value is -2.01. The molecule has 0 atom stereocenters. The van der Waals surface area contributed by atoms with E-state index in [1.807, 2.05) is 0 Å². The molecule has 4 nitrogen and oxygen atoms in total. The van der Waals surface area contributed by atoms with Crippen LogP contribution in [0.5, 0.6) is 0 Å². The molecule has 2 aromatic rings. The first-order valence-electron chi connectivity index (χ1n) is 4.64. The van der Waals surface area contributed by atoms with Crippen LogP contribution in [-0.2, 0) is 0 Å². The second-order valence-corrected chi connectivity index (χ2v) is 3.66. The first-order valence-corrected chi connectivity index (χ1v) is 5.01. The lowest BCUT2D eigenvalue weighted by Crippen LogP contribution is -1.92. The lowest BCUT2D eigenvalue weighted by atomic mass is 10.1. The highest BCUT2D eigenvalue weighted by molar-refractivity contribution is 6.31. The first-order chi connectivity index (χ1) is 8.08. The van der Waals surface area contributed by atoms with Crippen molar-refractivity contribution in [3.8, 4) is 11.1 Å². The smallest absolute Gasteiger partial charge is 0.258 e. The highest BCUT2D eigenvalue weighted by atomic mass is 35.5. The van der Waals surface area contributed by atoms with Crippen molar-refractivity contribution in [3.05, 3.63) is 57.6 Å². The van der Waals surface area contributed by atoms with Crippen molar-refractivity contribution in [2.75, 3.05) is 0 Å². The largest absolute Gasteiger partial charge is 0.307 e. The van der Waals surface area contributed by atoms with E-state index in [0.29, 0.717) is 11.1 Å². The lowest BCUT2D eigenvalue weighted by Gasteiger charge is -2.02. The summed E-state index contributed by atoms with van der Waals surface area (Å²) in [6, 6.07) is 6.99. The summed E-state index contributed by atoms with van der Waals surface area (Å²) < 4.78 is 13.0. The summed E-state index contributed by atoms with van der Waals surface area (Å²) >= 11 is 5.58. The number of rotatable bonds is 2. The van der Waals surface area contributed by atoms with Crippen LogP contribution in [0.15, 0.2) is 36.5 Å². The maximum atomic E-state index is 13.0. The number of aromatic nitrogens is 1. The third-order valence-corrected chi connectivity index (χ3v) is 2.47. The molecule has 0 N–H and O–H groups in total. The van der Waals surface area contributed by atoms with Gasteiger partial charge in [0.15, 0.2) is 0 Å². The van der Waals surface area contributed by atoms with E-state index in [9.17, 15) is 14.5 Å². The van der Waals surface area contributed by atoms with Gasteiger partial charge in [0.05, 0.1) is 4.92 Å². The Morgan fingerprint density at radius 3 is 2.71 bits per heavy atom. The number of hydrogen-bond acceptors (Lipinski definition) is 3. The maximum absolute atomic E-state index is 13.0. The predicted octanol–water partition coefficient (Wildman–Crippen LogP) is 3.45. The van der Waals surface area contributed by atoms with Gasteiger partial charge >= 0.3 is 5.69 Å². The van der Waals surface area contributed by atoms with E-state index >= 15 is 0 Å². The molecule has 1 aromatic carbocycles. The molecule has 0 bridgehead atoms. The Bertz CT molecular complexity index is 589. The van der Waals surface area contributed by atoms with Crippen molar-refractivity contribution in [1.29, 1.82) is 0 Å². The molecule has 0 aliphatic heterocycles. The molecule has 0 radical (unpaired) electrons. The van der Waals surface area contributed by atoms with Crippen LogP contribution < -0.4 is 0 Å². The Balaban J connectivity index is 2.54. The summed E-state index contributed by atoms with van der Waals surface area (Å²) in [6.45, 7) is 0. The van der Waals surface area contributed by atoms with E-state index < -0.39 is 10.7 Å². The van der Waals surface area contributed by atoms with Gasteiger partial charge < -0.3 is 0 Å². The minimum absolute atomic E-state index is 0.185. The zero-order chi connectivity index (χ0) is 12.4. The summed E-state index contributed by atoms with van der Waals surface area (Å²) in [5, 5.41) is 10.5. The molecule has 0 unspecified atom stereocenters. The average molecular weight is 253 g/mol. The normalized spacial score (nSPS) is 10.2. The highest BCUT2D eigenvalue weighted by Crippen LogP contribution is 2.28.